The average molecular weight is 1390 g/mol. The fourth-order valence-electron chi connectivity index (χ4n) is 10.7. The van der Waals surface area contributed by atoms with Crippen molar-refractivity contribution >= 4 is 99.6 Å². The van der Waals surface area contributed by atoms with Gasteiger partial charge in [0.05, 0.1) is 30.3 Å². The molecule has 0 bridgehead atoms. The molecule has 4 rings (SSSR count). The number of amides is 12. The van der Waals surface area contributed by atoms with Crippen molar-refractivity contribution in [2.75, 3.05) is 18.8 Å². The van der Waals surface area contributed by atoms with Crippen LogP contribution in [0.1, 0.15) is 137 Å². The van der Waals surface area contributed by atoms with Gasteiger partial charge in [0.2, 0.25) is 59.1 Å². The summed E-state index contributed by atoms with van der Waals surface area (Å²) in [6.45, 7) is 13.4. The van der Waals surface area contributed by atoms with Crippen LogP contribution in [0.4, 0.5) is 0 Å². The fraction of sp³-hybridized carbons (Fsp3) is 0.625. The van der Waals surface area contributed by atoms with Gasteiger partial charge in [-0.05, 0) is 87.3 Å². The van der Waals surface area contributed by atoms with Gasteiger partial charge in [0.1, 0.15) is 66.5 Å². The Morgan fingerprint density at radius 1 is 0.673 bits per heavy atom. The van der Waals surface area contributed by atoms with Crippen LogP contribution in [0.15, 0.2) is 47.8 Å². The number of rotatable bonds is 32. The number of hydrogen-bond acceptors (Lipinski definition) is 20. The number of benzene rings is 1. The molecule has 2 aromatic rings. The number of nitrogens with zero attached hydrogens (tertiary/aromatic N) is 3. The van der Waals surface area contributed by atoms with Crippen molar-refractivity contribution in [3.63, 3.8) is 0 Å². The predicted molar refractivity (Wildman–Crippen MR) is 360 cm³/mol. The first-order valence-electron chi connectivity index (χ1n) is 33.0. The Labute approximate surface area is 573 Å². The number of imidazole rings is 1. The summed E-state index contributed by atoms with van der Waals surface area (Å²) in [6, 6.07) is -10.9. The molecule has 1 aromatic heterocycles. The fourth-order valence-corrected chi connectivity index (χ4v) is 11.9. The lowest BCUT2D eigenvalue weighted by molar-refractivity contribution is -0.157. The molecule has 0 aliphatic carbocycles. The molecule has 20 N–H and O–H groups in total. The van der Waals surface area contributed by atoms with Crippen molar-refractivity contribution < 1.29 is 77.3 Å². The number of carboxylic acid groups (broad SMARTS) is 2. The first-order valence-corrected chi connectivity index (χ1v) is 34.0. The quantitative estimate of drug-likeness (QED) is 0.0340. The smallest absolute Gasteiger partial charge is 0.305 e. The van der Waals surface area contributed by atoms with Crippen LogP contribution in [0.5, 0.6) is 0 Å². The molecule has 0 spiro atoms. The minimum atomic E-state index is -2.33. The Morgan fingerprint density at radius 2 is 1.27 bits per heavy atom. The van der Waals surface area contributed by atoms with E-state index in [1.54, 1.807) is 65.0 Å². The van der Waals surface area contributed by atoms with Crippen molar-refractivity contribution in [2.24, 2.45) is 51.6 Å². The summed E-state index contributed by atoms with van der Waals surface area (Å²) in [5.74, 6) is -18.8. The van der Waals surface area contributed by atoms with Crippen LogP contribution in [0.2, 0.25) is 0 Å². The normalized spacial score (nSPS) is 22.5. The van der Waals surface area contributed by atoms with E-state index in [1.165, 1.54) is 31.2 Å². The third-order valence-electron chi connectivity index (χ3n) is 16.5. The van der Waals surface area contributed by atoms with Gasteiger partial charge in [-0.3, -0.25) is 77.0 Å². The van der Waals surface area contributed by atoms with E-state index in [-0.39, 0.29) is 81.3 Å². The van der Waals surface area contributed by atoms with Gasteiger partial charge in [-0.1, -0.05) is 92.1 Å². The Morgan fingerprint density at radius 3 is 1.84 bits per heavy atom. The van der Waals surface area contributed by atoms with E-state index in [4.69, 9.17) is 22.9 Å². The number of aromatic amines is 1. The van der Waals surface area contributed by atoms with Crippen LogP contribution in [0.3, 0.4) is 0 Å². The van der Waals surface area contributed by atoms with Crippen molar-refractivity contribution in [3.8, 4) is 0 Å². The molecule has 1 aromatic carbocycles. The lowest BCUT2D eigenvalue weighted by Crippen LogP contribution is -2.65. The molecule has 0 saturated carbocycles. The molecule has 0 radical (unpaired) electrons. The second kappa shape index (κ2) is 40.1. The molecular weight excluding hydrogens is 1290 g/mol. The van der Waals surface area contributed by atoms with Crippen LogP contribution in [0.25, 0.3) is 0 Å². The van der Waals surface area contributed by atoms with E-state index >= 15 is 14.4 Å². The molecule has 13 atom stereocenters. The maximum atomic E-state index is 16.0. The number of carbonyl (C=O) groups excluding carboxylic acids is 12. The third kappa shape index (κ3) is 25.5. The Balaban J connectivity index is 1.98. The molecule has 12 amide bonds. The van der Waals surface area contributed by atoms with Gasteiger partial charge in [0.25, 0.3) is 11.8 Å². The van der Waals surface area contributed by atoms with Crippen LogP contribution in [0, 0.1) is 23.7 Å². The zero-order chi connectivity index (χ0) is 73.1. The number of aromatic nitrogens is 2. The third-order valence-corrected chi connectivity index (χ3v) is 17.7. The molecule has 98 heavy (non-hydrogen) atoms. The maximum absolute atomic E-state index is 16.0. The number of primary amides is 1. The summed E-state index contributed by atoms with van der Waals surface area (Å²) in [5.41, 5.74) is 24.7. The number of nitrogens with two attached hydrogens (primary N) is 4. The van der Waals surface area contributed by atoms with Gasteiger partial charge in [0, 0.05) is 36.9 Å². The van der Waals surface area contributed by atoms with Gasteiger partial charge < -0.3 is 86.0 Å². The topological polar surface area (TPSA) is 536 Å². The monoisotopic (exact) mass is 1390 g/mol. The van der Waals surface area contributed by atoms with E-state index in [0.29, 0.717) is 15.5 Å². The summed E-state index contributed by atoms with van der Waals surface area (Å²) >= 11 is 1.30. The summed E-state index contributed by atoms with van der Waals surface area (Å²) in [6.07, 6.45) is -2.38. The van der Waals surface area contributed by atoms with Crippen molar-refractivity contribution in [2.45, 2.75) is 211 Å². The second-order valence-electron chi connectivity index (χ2n) is 25.7. The Bertz CT molecular complexity index is 3140. The molecule has 3 heterocycles. The van der Waals surface area contributed by atoms with Crippen molar-refractivity contribution in [1.82, 2.24) is 62.7 Å². The van der Waals surface area contributed by atoms with Gasteiger partial charge in [-0.2, -0.15) is 0 Å². The highest BCUT2D eigenvalue weighted by molar-refractivity contribution is 8.14. The second-order valence-corrected chi connectivity index (χ2v) is 26.7. The lowest BCUT2D eigenvalue weighted by atomic mass is 9.94. The maximum Gasteiger partial charge on any atom is 0.305 e. The van der Waals surface area contributed by atoms with E-state index < -0.39 is 206 Å². The minimum Gasteiger partial charge on any atom is -0.481 e. The SMILES string of the molecule is CC[C@H](C)[C@H](NC(=O)[C@@H](CCC(=O)O)NC(=O)[C@H](CC(C)C)NC(=O)[C@@H]1CSC([C@@H](N)C(C)C)=N1)C(=O)N1C(=O)[C@H](CC(N)=O)NC(=O)[C@@H](CC(=O)O)NC(=O)[C@H](Cc2cnc[nH]2)NC(=O)[C@@H](Cc2ccccc2)NC(=O)[C@H](C(C)C)NC(=O)[C@@H](CCCN)NC(=O)[C@@H]1CCCCN. The van der Waals surface area contributed by atoms with Crippen LogP contribution >= 0.6 is 11.8 Å². The number of unbranched alkanes of at least 4 members (excludes halogenated alkanes) is 1. The number of H-pyrrole nitrogens is 1. The molecule has 542 valence electrons. The van der Waals surface area contributed by atoms with Gasteiger partial charge in [-0.15, -0.1) is 11.8 Å². The summed E-state index contributed by atoms with van der Waals surface area (Å²) in [7, 11) is 0. The Hall–Kier alpha value is -8.89. The summed E-state index contributed by atoms with van der Waals surface area (Å²) in [4.78, 5) is 214. The molecule has 1 fully saturated rings. The molecule has 33 nitrogen and oxygen atoms in total. The first kappa shape index (κ1) is 81.5. The van der Waals surface area contributed by atoms with Gasteiger partial charge in [-0.25, -0.2) is 4.98 Å². The van der Waals surface area contributed by atoms with Crippen LogP contribution < -0.4 is 70.8 Å². The summed E-state index contributed by atoms with van der Waals surface area (Å²) < 4.78 is 0. The zero-order valence-electron chi connectivity index (χ0n) is 56.8. The molecule has 1 saturated heterocycles. The number of carboxylic acids is 2. The largest absolute Gasteiger partial charge is 0.481 e. The predicted octanol–water partition coefficient (Wildman–Crippen LogP) is -2.38. The summed E-state index contributed by atoms with van der Waals surface area (Å²) in [5, 5.41) is 43.6. The van der Waals surface area contributed by atoms with Crippen LogP contribution in [-0.2, 0) is 80.0 Å². The standard InChI is InChI=1S/C64H99N17O16S/c1-9-35(8)52(80-54(88)39(20-21-48(83)84)71-55(89)40(24-32(2)3)73-59(93)45-30-98-62(78-45)50(68)33(4)5)64(97)81-46(19-13-14-22-65)60(94)72-38(18-15-23-66)53(87)79-51(34(6)7)61(95)76-41(25-36-16-11-10-12-17-36)56(90)74-42(26-37-29-69-31-70-37)57(91)75-43(28-49(85)86)58(92)77-44(63(81)96)27-47(67)82/h10-12,16-17,29,31-35,38-46,50-52H,9,13-15,18-28,30,65-66,68H2,1-8H3,(H2,67,82)(H,69,70)(H,71,89)(H,72,94)(H,73,93)(H,74,90)(H,75,91)(H,76,95)(H,77,92)(H,79,87)(H,80,88)(H,83,84)(H,85,86)/t35-,38+,39+,40-,41+,42-,43+,44-,45-,46-,50-,51-,52-/m0/s1. The van der Waals surface area contributed by atoms with E-state index in [9.17, 15) is 63.0 Å². The molecule has 2 aliphatic heterocycles. The van der Waals surface area contributed by atoms with Gasteiger partial charge >= 0.3 is 11.9 Å². The number of carbonyl (C=O) groups is 14. The van der Waals surface area contributed by atoms with Gasteiger partial charge in [0.15, 0.2) is 0 Å². The van der Waals surface area contributed by atoms with Crippen molar-refractivity contribution in [3.05, 3.63) is 54.1 Å². The van der Waals surface area contributed by atoms with Crippen LogP contribution in [-0.4, -0.2) is 204 Å². The van der Waals surface area contributed by atoms with Crippen molar-refractivity contribution in [1.29, 1.82) is 0 Å². The molecule has 2 aliphatic rings. The number of aliphatic imine (C=N–C) groups is 1. The van der Waals surface area contributed by atoms with E-state index in [1.807, 2.05) is 13.8 Å². The average Bonchev–Trinajstić information content (AvgIpc) is 0.974. The lowest BCUT2D eigenvalue weighted by Gasteiger charge is -2.37. The Kier molecular flexibility index (Phi) is 33.4. The molecular formula is C64H99N17O16S. The highest BCUT2D eigenvalue weighted by atomic mass is 32.2. The number of nitrogens with one attached hydrogen (secondary N) is 10. The molecule has 0 unspecified atom stereocenters. The number of aliphatic carboxylic acids is 2. The number of thioether (sulfide) groups is 1. The first-order chi connectivity index (χ1) is 46.3. The van der Waals surface area contributed by atoms with E-state index in [0.717, 1.165) is 0 Å². The zero-order valence-corrected chi connectivity index (χ0v) is 57.6. The highest BCUT2D eigenvalue weighted by Crippen LogP contribution is 2.25. The highest BCUT2D eigenvalue weighted by Gasteiger charge is 2.46. The number of hydrogen-bond donors (Lipinski definition) is 16. The number of imide groups is 1. The molecule has 34 heteroatoms. The minimum absolute atomic E-state index is 0.00187. The van der Waals surface area contributed by atoms with E-state index in [2.05, 4.69) is 62.8 Å².